The Morgan fingerprint density at radius 2 is 1.69 bits per heavy atom. The van der Waals surface area contributed by atoms with Crippen molar-refractivity contribution in [1.29, 1.82) is 0 Å². The van der Waals surface area contributed by atoms with Crippen LogP contribution < -0.4 is 5.32 Å². The molecule has 1 atom stereocenters. The molecule has 1 saturated heterocycles. The molecule has 1 aliphatic heterocycles. The highest BCUT2D eigenvalue weighted by atomic mass is 16.6. The fraction of sp³-hybridized carbons (Fsp3) is 0.440. The van der Waals surface area contributed by atoms with Crippen molar-refractivity contribution in [2.75, 3.05) is 32.9 Å². The number of carbonyl (C=O) groups excluding carboxylic acids is 2. The molecule has 2 amide bonds. The van der Waals surface area contributed by atoms with Gasteiger partial charge < -0.3 is 24.4 Å². The molecule has 1 unspecified atom stereocenters. The predicted octanol–water partition coefficient (Wildman–Crippen LogP) is 4.16. The summed E-state index contributed by atoms with van der Waals surface area (Å²) in [5.74, 6) is -0.00297. The molecule has 2 aliphatic rings. The highest BCUT2D eigenvalue weighted by Gasteiger charge is 2.30. The lowest BCUT2D eigenvalue weighted by molar-refractivity contribution is 0.0237. The van der Waals surface area contributed by atoms with E-state index in [1.54, 1.807) is 4.90 Å². The molecule has 0 spiro atoms. The number of ether oxygens (including phenoxy) is 3. The quantitative estimate of drug-likeness (QED) is 0.779. The zero-order valence-electron chi connectivity index (χ0n) is 18.8. The van der Waals surface area contributed by atoms with Gasteiger partial charge >= 0.3 is 12.2 Å². The Kier molecular flexibility index (Phi) is 6.37. The molecule has 2 aromatic carbocycles. The average molecular weight is 439 g/mol. The highest BCUT2D eigenvalue weighted by Crippen LogP contribution is 2.44. The second-order valence-electron chi connectivity index (χ2n) is 9.17. The van der Waals surface area contributed by atoms with Crippen LogP contribution in [0.4, 0.5) is 9.59 Å². The van der Waals surface area contributed by atoms with Gasteiger partial charge in [0.05, 0.1) is 19.3 Å². The zero-order chi connectivity index (χ0) is 22.7. The maximum atomic E-state index is 12.6. The number of hydrogen-bond donors (Lipinski definition) is 1. The molecule has 32 heavy (non-hydrogen) atoms. The van der Waals surface area contributed by atoms with Gasteiger partial charge in [0, 0.05) is 19.0 Å². The Morgan fingerprint density at radius 1 is 1.06 bits per heavy atom. The number of nitrogens with one attached hydrogen (secondary N) is 1. The van der Waals surface area contributed by atoms with Crippen molar-refractivity contribution in [2.24, 2.45) is 0 Å². The Morgan fingerprint density at radius 3 is 2.31 bits per heavy atom. The van der Waals surface area contributed by atoms with E-state index in [0.29, 0.717) is 26.3 Å². The second-order valence-corrected chi connectivity index (χ2v) is 9.17. The molecule has 7 heteroatoms. The maximum Gasteiger partial charge on any atom is 0.410 e. The molecule has 1 aliphatic carbocycles. The van der Waals surface area contributed by atoms with E-state index in [2.05, 4.69) is 29.6 Å². The zero-order valence-corrected chi connectivity index (χ0v) is 18.8. The SMILES string of the molecule is CC(C)(C)OC(=O)N1CCOCC(NC(=O)OCC2c3ccccc3-c3ccccc32)C1. The summed E-state index contributed by atoms with van der Waals surface area (Å²) in [6, 6.07) is 16.0. The van der Waals surface area contributed by atoms with Gasteiger partial charge in [-0.3, -0.25) is 0 Å². The largest absolute Gasteiger partial charge is 0.449 e. The number of fused-ring (bicyclic) bond motifs is 3. The van der Waals surface area contributed by atoms with E-state index in [0.717, 1.165) is 11.1 Å². The summed E-state index contributed by atoms with van der Waals surface area (Å²) in [6.07, 6.45) is -0.936. The normalized spacial score (nSPS) is 18.3. The van der Waals surface area contributed by atoms with Crippen molar-refractivity contribution < 1.29 is 23.8 Å². The average Bonchev–Trinajstić information content (AvgIpc) is 2.88. The molecule has 0 radical (unpaired) electrons. The molecule has 1 N–H and O–H groups in total. The summed E-state index contributed by atoms with van der Waals surface area (Å²) in [5.41, 5.74) is 4.11. The third kappa shape index (κ3) is 5.05. The van der Waals surface area contributed by atoms with Gasteiger partial charge in [0.2, 0.25) is 0 Å². The van der Waals surface area contributed by atoms with E-state index in [4.69, 9.17) is 14.2 Å². The monoisotopic (exact) mass is 438 g/mol. The summed E-state index contributed by atoms with van der Waals surface area (Å²) in [6.45, 7) is 7.13. The lowest BCUT2D eigenvalue weighted by Crippen LogP contribution is -2.47. The first-order chi connectivity index (χ1) is 15.3. The van der Waals surface area contributed by atoms with Crippen LogP contribution in [0.1, 0.15) is 37.8 Å². The van der Waals surface area contributed by atoms with E-state index in [9.17, 15) is 9.59 Å². The Hall–Kier alpha value is -3.06. The van der Waals surface area contributed by atoms with E-state index in [1.165, 1.54) is 11.1 Å². The highest BCUT2D eigenvalue weighted by molar-refractivity contribution is 5.79. The van der Waals surface area contributed by atoms with Crippen LogP contribution >= 0.6 is 0 Å². The van der Waals surface area contributed by atoms with Gasteiger partial charge in [0.15, 0.2) is 0 Å². The molecule has 4 rings (SSSR count). The molecule has 2 aromatic rings. The summed E-state index contributed by atoms with van der Waals surface area (Å²) in [7, 11) is 0. The number of carbonyl (C=O) groups is 2. The molecule has 170 valence electrons. The standard InChI is InChI=1S/C25H30N2O5/c1-25(2,3)32-24(29)27-12-13-30-15-17(14-27)26-23(28)31-16-22-20-10-6-4-8-18(20)19-9-5-7-11-21(19)22/h4-11,17,22H,12-16H2,1-3H3,(H,26,28). The van der Waals surface area contributed by atoms with Crippen LogP contribution in [-0.4, -0.2) is 61.6 Å². The van der Waals surface area contributed by atoms with Crippen LogP contribution in [0.25, 0.3) is 11.1 Å². The number of nitrogens with zero attached hydrogens (tertiary/aromatic N) is 1. The first-order valence-electron chi connectivity index (χ1n) is 11.0. The number of amides is 2. The van der Waals surface area contributed by atoms with E-state index >= 15 is 0 Å². The first kappa shape index (κ1) is 22.1. The van der Waals surface area contributed by atoms with Crippen LogP contribution in [0.2, 0.25) is 0 Å². The van der Waals surface area contributed by atoms with Crippen LogP contribution in [0.5, 0.6) is 0 Å². The van der Waals surface area contributed by atoms with Crippen LogP contribution in [0, 0.1) is 0 Å². The summed E-state index contributed by atoms with van der Waals surface area (Å²) in [5, 5.41) is 2.84. The van der Waals surface area contributed by atoms with Crippen LogP contribution in [-0.2, 0) is 14.2 Å². The van der Waals surface area contributed by atoms with Crippen molar-refractivity contribution in [3.05, 3.63) is 59.7 Å². The Labute approximate surface area is 188 Å². The maximum absolute atomic E-state index is 12.6. The van der Waals surface area contributed by atoms with Crippen molar-refractivity contribution in [1.82, 2.24) is 10.2 Å². The van der Waals surface area contributed by atoms with Crippen LogP contribution in [0.3, 0.4) is 0 Å². The van der Waals surface area contributed by atoms with Crippen molar-refractivity contribution >= 4 is 12.2 Å². The minimum absolute atomic E-state index is 0.00297. The number of benzene rings is 2. The lowest BCUT2D eigenvalue weighted by atomic mass is 9.98. The van der Waals surface area contributed by atoms with Crippen molar-refractivity contribution in [3.8, 4) is 11.1 Å². The molecule has 0 aromatic heterocycles. The smallest absolute Gasteiger partial charge is 0.410 e. The minimum atomic E-state index is -0.583. The number of alkyl carbamates (subject to hydrolysis) is 1. The predicted molar refractivity (Wildman–Crippen MR) is 121 cm³/mol. The van der Waals surface area contributed by atoms with Gasteiger partial charge in [-0.05, 0) is 43.0 Å². The van der Waals surface area contributed by atoms with Gasteiger partial charge in [-0.1, -0.05) is 48.5 Å². The second kappa shape index (κ2) is 9.20. The van der Waals surface area contributed by atoms with Crippen molar-refractivity contribution in [2.45, 2.75) is 38.3 Å². The lowest BCUT2D eigenvalue weighted by Gasteiger charge is -2.28. The number of hydrogen-bond acceptors (Lipinski definition) is 5. The molecule has 1 heterocycles. The molecule has 7 nitrogen and oxygen atoms in total. The Balaban J connectivity index is 1.36. The molecule has 1 fully saturated rings. The van der Waals surface area contributed by atoms with Gasteiger partial charge in [-0.2, -0.15) is 0 Å². The molecule has 0 bridgehead atoms. The fourth-order valence-corrected chi connectivity index (χ4v) is 4.20. The third-order valence-electron chi connectivity index (χ3n) is 5.58. The summed E-state index contributed by atoms with van der Waals surface area (Å²) >= 11 is 0. The van der Waals surface area contributed by atoms with Gasteiger partial charge in [-0.25, -0.2) is 9.59 Å². The molecular formula is C25H30N2O5. The van der Waals surface area contributed by atoms with Gasteiger partial charge in [0.1, 0.15) is 12.2 Å². The van der Waals surface area contributed by atoms with E-state index in [1.807, 2.05) is 45.0 Å². The van der Waals surface area contributed by atoms with Crippen molar-refractivity contribution in [3.63, 3.8) is 0 Å². The first-order valence-corrected chi connectivity index (χ1v) is 11.0. The van der Waals surface area contributed by atoms with E-state index < -0.39 is 17.8 Å². The van der Waals surface area contributed by atoms with Gasteiger partial charge in [-0.15, -0.1) is 0 Å². The third-order valence-corrected chi connectivity index (χ3v) is 5.58. The molecule has 0 saturated carbocycles. The van der Waals surface area contributed by atoms with Crippen LogP contribution in [0.15, 0.2) is 48.5 Å². The minimum Gasteiger partial charge on any atom is -0.449 e. The Bertz CT molecular complexity index is 939. The summed E-state index contributed by atoms with van der Waals surface area (Å²) in [4.78, 5) is 26.6. The molecular weight excluding hydrogens is 408 g/mol. The van der Waals surface area contributed by atoms with E-state index in [-0.39, 0.29) is 18.6 Å². The number of rotatable bonds is 3. The fourth-order valence-electron chi connectivity index (χ4n) is 4.20. The summed E-state index contributed by atoms with van der Waals surface area (Å²) < 4.78 is 16.6. The van der Waals surface area contributed by atoms with Gasteiger partial charge in [0.25, 0.3) is 0 Å². The topological polar surface area (TPSA) is 77.1 Å².